The Hall–Kier alpha value is -0.410. The van der Waals surface area contributed by atoms with Crippen molar-refractivity contribution in [2.24, 2.45) is 11.7 Å². The van der Waals surface area contributed by atoms with Crippen molar-refractivity contribution in [1.29, 1.82) is 0 Å². The smallest absolute Gasteiger partial charge is 0.0794 e. The fourth-order valence-corrected chi connectivity index (χ4v) is 3.51. The van der Waals surface area contributed by atoms with Crippen molar-refractivity contribution in [1.82, 2.24) is 4.98 Å². The summed E-state index contributed by atoms with van der Waals surface area (Å²) >= 11 is 1.74. The maximum Gasteiger partial charge on any atom is 0.0794 e. The second-order valence-electron chi connectivity index (χ2n) is 5.21. The number of rotatable bonds is 3. The van der Waals surface area contributed by atoms with Gasteiger partial charge in [0.15, 0.2) is 0 Å². The van der Waals surface area contributed by atoms with Gasteiger partial charge in [-0.05, 0) is 25.2 Å². The molecular formula is C13H22N2S. The van der Waals surface area contributed by atoms with Gasteiger partial charge in [0.1, 0.15) is 0 Å². The first-order valence-corrected chi connectivity index (χ1v) is 7.26. The summed E-state index contributed by atoms with van der Waals surface area (Å²) in [4.78, 5) is 5.48. The number of hydrogen-bond donors (Lipinski definition) is 1. The Morgan fingerprint density at radius 3 is 3.06 bits per heavy atom. The maximum atomic E-state index is 6.55. The third kappa shape index (κ3) is 3.05. The molecule has 0 amide bonds. The zero-order valence-electron chi connectivity index (χ0n) is 10.1. The number of hydrogen-bond acceptors (Lipinski definition) is 3. The van der Waals surface area contributed by atoms with Crippen LogP contribution in [-0.4, -0.2) is 10.5 Å². The Labute approximate surface area is 102 Å². The molecule has 0 radical (unpaired) electrons. The van der Waals surface area contributed by atoms with Crippen molar-refractivity contribution in [3.8, 4) is 0 Å². The largest absolute Gasteiger partial charge is 0.325 e. The van der Waals surface area contributed by atoms with Crippen LogP contribution in [0.5, 0.6) is 0 Å². The van der Waals surface area contributed by atoms with Gasteiger partial charge in [-0.2, -0.15) is 0 Å². The molecule has 90 valence electrons. The van der Waals surface area contributed by atoms with E-state index in [9.17, 15) is 0 Å². The molecule has 1 aromatic heterocycles. The van der Waals surface area contributed by atoms with Gasteiger partial charge in [0, 0.05) is 23.0 Å². The molecule has 2 unspecified atom stereocenters. The summed E-state index contributed by atoms with van der Waals surface area (Å²) in [6, 6.07) is 0. The summed E-state index contributed by atoms with van der Waals surface area (Å²) in [6.45, 7) is 2.30. The molecule has 0 aromatic carbocycles. The molecule has 0 saturated heterocycles. The summed E-state index contributed by atoms with van der Waals surface area (Å²) in [5.41, 5.74) is 8.49. The minimum atomic E-state index is 0.0381. The fourth-order valence-electron chi connectivity index (χ4n) is 2.77. The van der Waals surface area contributed by atoms with Gasteiger partial charge in [-0.1, -0.05) is 26.2 Å². The number of thiazole rings is 1. The van der Waals surface area contributed by atoms with Crippen LogP contribution in [0.2, 0.25) is 0 Å². The molecule has 2 rings (SSSR count). The lowest BCUT2D eigenvalue weighted by Gasteiger charge is -2.27. The monoisotopic (exact) mass is 238 g/mol. The van der Waals surface area contributed by atoms with Crippen molar-refractivity contribution in [3.05, 3.63) is 16.6 Å². The Balaban J connectivity index is 1.96. The minimum absolute atomic E-state index is 0.0381. The van der Waals surface area contributed by atoms with E-state index in [-0.39, 0.29) is 5.54 Å². The van der Waals surface area contributed by atoms with Crippen molar-refractivity contribution < 1.29 is 0 Å². The predicted molar refractivity (Wildman–Crippen MR) is 69.6 cm³/mol. The first-order chi connectivity index (χ1) is 7.72. The highest BCUT2D eigenvalue weighted by atomic mass is 32.1. The van der Waals surface area contributed by atoms with Crippen LogP contribution < -0.4 is 5.73 Å². The zero-order chi connectivity index (χ0) is 11.4. The quantitative estimate of drug-likeness (QED) is 0.820. The third-order valence-electron chi connectivity index (χ3n) is 3.92. The summed E-state index contributed by atoms with van der Waals surface area (Å²) in [7, 11) is 0. The van der Waals surface area contributed by atoms with Crippen molar-refractivity contribution in [2.75, 3.05) is 0 Å². The predicted octanol–water partition coefficient (Wildman–Crippen LogP) is 3.37. The van der Waals surface area contributed by atoms with E-state index >= 15 is 0 Å². The van der Waals surface area contributed by atoms with E-state index in [1.807, 2.05) is 11.7 Å². The fraction of sp³-hybridized carbons (Fsp3) is 0.769. The molecule has 0 spiro atoms. The molecule has 1 aliphatic carbocycles. The van der Waals surface area contributed by atoms with Gasteiger partial charge in [-0.15, -0.1) is 11.3 Å². The number of nitrogens with two attached hydrogens (primary N) is 1. The Morgan fingerprint density at radius 2 is 2.38 bits per heavy atom. The normalized spacial score (nSPS) is 31.2. The van der Waals surface area contributed by atoms with Gasteiger partial charge in [0.2, 0.25) is 0 Å². The second-order valence-corrected chi connectivity index (χ2v) is 6.18. The van der Waals surface area contributed by atoms with E-state index in [4.69, 9.17) is 5.73 Å². The van der Waals surface area contributed by atoms with Gasteiger partial charge in [-0.25, -0.2) is 0 Å². The first-order valence-electron chi connectivity index (χ1n) is 6.38. The molecule has 1 saturated carbocycles. The topological polar surface area (TPSA) is 38.9 Å². The van der Waals surface area contributed by atoms with E-state index in [1.54, 1.807) is 11.3 Å². The average Bonchev–Trinajstić information content (AvgIpc) is 2.68. The summed E-state index contributed by atoms with van der Waals surface area (Å²) in [6.07, 6.45) is 10.7. The van der Waals surface area contributed by atoms with E-state index in [2.05, 4.69) is 11.9 Å². The van der Waals surface area contributed by atoms with Crippen LogP contribution in [0.3, 0.4) is 0 Å². The molecule has 3 heteroatoms. The standard InChI is InChI=1S/C13H22N2S/c1-2-11-4-3-6-13(14,7-5-11)8-12-9-15-10-16-12/h9-11H,2-8,14H2,1H3. The maximum absolute atomic E-state index is 6.55. The average molecular weight is 238 g/mol. The van der Waals surface area contributed by atoms with Crippen LogP contribution in [-0.2, 0) is 6.42 Å². The second kappa shape index (κ2) is 5.28. The summed E-state index contributed by atoms with van der Waals surface area (Å²) in [5, 5.41) is 0. The van der Waals surface area contributed by atoms with E-state index in [0.29, 0.717) is 0 Å². The lowest BCUT2D eigenvalue weighted by atomic mass is 9.87. The van der Waals surface area contributed by atoms with Crippen LogP contribution in [0.15, 0.2) is 11.7 Å². The number of nitrogens with zero attached hydrogens (tertiary/aromatic N) is 1. The van der Waals surface area contributed by atoms with Gasteiger partial charge in [-0.3, -0.25) is 4.98 Å². The molecule has 1 aliphatic rings. The van der Waals surface area contributed by atoms with Crippen molar-refractivity contribution in [2.45, 2.75) is 57.4 Å². The summed E-state index contributed by atoms with van der Waals surface area (Å²) in [5.74, 6) is 0.909. The number of aromatic nitrogens is 1. The van der Waals surface area contributed by atoms with Crippen LogP contribution in [0.1, 0.15) is 50.3 Å². The molecule has 1 heterocycles. The SMILES string of the molecule is CCC1CCCC(N)(Cc2cncs2)CC1. The Kier molecular flexibility index (Phi) is 3.98. The van der Waals surface area contributed by atoms with Crippen molar-refractivity contribution >= 4 is 11.3 Å². The van der Waals surface area contributed by atoms with Crippen LogP contribution in [0.25, 0.3) is 0 Å². The van der Waals surface area contributed by atoms with Gasteiger partial charge >= 0.3 is 0 Å². The van der Waals surface area contributed by atoms with Gasteiger partial charge in [0.25, 0.3) is 0 Å². The van der Waals surface area contributed by atoms with E-state index in [0.717, 1.165) is 12.3 Å². The minimum Gasteiger partial charge on any atom is -0.325 e. The lowest BCUT2D eigenvalue weighted by Crippen LogP contribution is -2.41. The zero-order valence-corrected chi connectivity index (χ0v) is 10.9. The van der Waals surface area contributed by atoms with Gasteiger partial charge < -0.3 is 5.73 Å². The first kappa shape index (κ1) is 12.1. The molecule has 2 nitrogen and oxygen atoms in total. The summed E-state index contributed by atoms with van der Waals surface area (Å²) < 4.78 is 0. The highest BCUT2D eigenvalue weighted by Gasteiger charge is 2.29. The molecule has 1 fully saturated rings. The molecule has 1 aromatic rings. The molecule has 2 atom stereocenters. The van der Waals surface area contributed by atoms with E-state index in [1.165, 1.54) is 43.4 Å². The Bertz CT molecular complexity index is 310. The van der Waals surface area contributed by atoms with Crippen molar-refractivity contribution in [3.63, 3.8) is 0 Å². The molecular weight excluding hydrogens is 216 g/mol. The lowest BCUT2D eigenvalue weighted by molar-refractivity contribution is 0.360. The van der Waals surface area contributed by atoms with Crippen LogP contribution >= 0.6 is 11.3 Å². The van der Waals surface area contributed by atoms with Crippen LogP contribution in [0, 0.1) is 5.92 Å². The molecule has 0 bridgehead atoms. The molecule has 2 N–H and O–H groups in total. The van der Waals surface area contributed by atoms with E-state index < -0.39 is 0 Å². The Morgan fingerprint density at radius 1 is 1.50 bits per heavy atom. The molecule has 0 aliphatic heterocycles. The van der Waals surface area contributed by atoms with Gasteiger partial charge in [0.05, 0.1) is 5.51 Å². The third-order valence-corrected chi connectivity index (χ3v) is 4.70. The highest BCUT2D eigenvalue weighted by molar-refractivity contribution is 7.09. The highest BCUT2D eigenvalue weighted by Crippen LogP contribution is 2.33. The van der Waals surface area contributed by atoms with Crippen LogP contribution in [0.4, 0.5) is 0 Å². The molecule has 16 heavy (non-hydrogen) atoms.